The quantitative estimate of drug-likeness (QED) is 0.231. The Balaban J connectivity index is 0.000000580. The third-order valence-electron chi connectivity index (χ3n) is 6.02. The molecule has 14 heteroatoms. The Kier molecular flexibility index (Phi) is 18.0. The molecule has 0 bridgehead atoms. The van der Waals surface area contributed by atoms with Gasteiger partial charge in [-0.25, -0.2) is 8.42 Å². The smallest absolute Gasteiger partial charge is 0.850 e. The van der Waals surface area contributed by atoms with Gasteiger partial charge in [-0.05, 0) is 32.6 Å². The van der Waals surface area contributed by atoms with Crippen molar-refractivity contribution in [1.29, 1.82) is 0 Å². The third-order valence-corrected chi connectivity index (χ3v) is 6.59. The van der Waals surface area contributed by atoms with E-state index in [0.717, 1.165) is 58.7 Å². The molecule has 2 unspecified atom stereocenters. The fourth-order valence-electron chi connectivity index (χ4n) is 3.61. The van der Waals surface area contributed by atoms with Crippen LogP contribution in [-0.2, 0) is 33.7 Å². The number of hydrogen-bond acceptors (Lipinski definition) is 9. The molecule has 2 aliphatic rings. The van der Waals surface area contributed by atoms with E-state index in [1.807, 2.05) is 12.3 Å². The molecule has 215 valence electrons. The molecule has 1 aliphatic carbocycles. The van der Waals surface area contributed by atoms with E-state index in [-0.39, 0.29) is 17.1 Å². The first-order chi connectivity index (χ1) is 16.8. The van der Waals surface area contributed by atoms with Gasteiger partial charge in [0.15, 0.2) is 10.1 Å². The van der Waals surface area contributed by atoms with E-state index in [4.69, 9.17) is 13.0 Å². The van der Waals surface area contributed by atoms with Crippen LogP contribution in [0.2, 0.25) is 0 Å². The maximum Gasteiger partial charge on any atom is 3.00 e. The van der Waals surface area contributed by atoms with Crippen LogP contribution in [0.1, 0.15) is 44.2 Å². The van der Waals surface area contributed by atoms with Gasteiger partial charge in [-0.3, -0.25) is 9.88 Å². The molecule has 2 atom stereocenters. The summed E-state index contributed by atoms with van der Waals surface area (Å²) in [5.74, 6) is 0. The Labute approximate surface area is 229 Å². The Morgan fingerprint density at radius 2 is 1.49 bits per heavy atom. The second kappa shape index (κ2) is 18.5. The molecule has 0 amide bonds. The van der Waals surface area contributed by atoms with Crippen LogP contribution in [0.25, 0.3) is 0 Å². The number of aromatic nitrogens is 1. The van der Waals surface area contributed by atoms with Crippen LogP contribution < -0.4 is 5.11 Å². The van der Waals surface area contributed by atoms with Gasteiger partial charge in [-0.2, -0.15) is 13.2 Å². The van der Waals surface area contributed by atoms with Crippen molar-refractivity contribution < 1.29 is 53.4 Å². The summed E-state index contributed by atoms with van der Waals surface area (Å²) in [5, 5.41) is 20.2. The molecule has 3 rings (SSSR count). The molecule has 1 saturated heterocycles. The molecule has 37 heavy (non-hydrogen) atoms. The number of aliphatic hydroxyl groups is 1. The number of rotatable bonds is 2. The van der Waals surface area contributed by atoms with Crippen molar-refractivity contribution in [2.24, 2.45) is 0 Å². The van der Waals surface area contributed by atoms with Gasteiger partial charge in [0.1, 0.15) is 0 Å². The van der Waals surface area contributed by atoms with Crippen molar-refractivity contribution in [3.63, 3.8) is 0 Å². The summed E-state index contributed by atoms with van der Waals surface area (Å²) in [4.78, 5) is 11.7. The first kappa shape index (κ1) is 36.2. The van der Waals surface area contributed by atoms with Gasteiger partial charge in [0.25, 0.3) is 0 Å². The maximum atomic E-state index is 11.0. The van der Waals surface area contributed by atoms with Gasteiger partial charge in [0, 0.05) is 58.1 Å². The minimum Gasteiger partial charge on any atom is -0.850 e. The molecular weight excluding hydrogens is 561 g/mol. The molecule has 1 radical (unpaired) electrons. The molecule has 9 nitrogen and oxygen atoms in total. The van der Waals surface area contributed by atoms with E-state index >= 15 is 0 Å². The molecule has 1 aliphatic heterocycles. The van der Waals surface area contributed by atoms with Crippen LogP contribution in [0.3, 0.4) is 0 Å². The van der Waals surface area contributed by atoms with Gasteiger partial charge in [-0.15, -0.1) is 0 Å². The summed E-state index contributed by atoms with van der Waals surface area (Å²) in [5.41, 5.74) is -4.48. The van der Waals surface area contributed by atoms with Crippen molar-refractivity contribution in [3.8, 4) is 0 Å². The Hall–Kier alpha value is -0.831. The molecule has 0 spiro atoms. The Bertz CT molecular complexity index is 798. The number of nitrogens with zero attached hydrogens (tertiary/aromatic N) is 4. The fourth-order valence-corrected chi connectivity index (χ4v) is 3.61. The van der Waals surface area contributed by atoms with Crippen LogP contribution in [0.5, 0.6) is 0 Å². The number of hydrogen-bond donors (Lipinski definition) is 1. The van der Waals surface area contributed by atoms with E-state index in [1.54, 1.807) is 0 Å². The van der Waals surface area contributed by atoms with Gasteiger partial charge in [0.2, 0.25) is 0 Å². The molecule has 1 aromatic rings. The van der Waals surface area contributed by atoms with Crippen molar-refractivity contribution in [3.05, 3.63) is 30.1 Å². The molecule has 1 N–H and O–H groups in total. The largest absolute Gasteiger partial charge is 3.00 e. The van der Waals surface area contributed by atoms with Crippen molar-refractivity contribution in [1.82, 2.24) is 19.7 Å². The van der Waals surface area contributed by atoms with Crippen molar-refractivity contribution in [2.75, 3.05) is 53.4 Å². The van der Waals surface area contributed by atoms with Gasteiger partial charge in [-0.1, -0.05) is 44.3 Å². The summed E-state index contributed by atoms with van der Waals surface area (Å²) >= 11 is 0. The minimum absolute atomic E-state index is 0. The predicted octanol–water partition coefficient (Wildman–Crippen LogP) is 1.24. The molecule has 1 saturated carbocycles. The van der Waals surface area contributed by atoms with Crippen LogP contribution in [-0.4, -0.2) is 109 Å². The van der Waals surface area contributed by atoms with Crippen LogP contribution in [0, 0.1) is 0 Å². The number of alkyl halides is 3. The first-order valence-electron chi connectivity index (χ1n) is 12.1. The number of halogens is 3. The van der Waals surface area contributed by atoms with E-state index in [2.05, 4.69) is 45.9 Å². The predicted molar refractivity (Wildman–Crippen MR) is 128 cm³/mol. The first-order valence-corrected chi connectivity index (χ1v) is 13.6. The van der Waals surface area contributed by atoms with Crippen LogP contribution in [0.4, 0.5) is 13.2 Å². The Morgan fingerprint density at radius 3 is 1.95 bits per heavy atom. The standard InChI is InChI=1S/C14H24N4.C8H15O2.CHF3O3S.Fe/c1-16-7-8-17(2)10-12-18(11-9-16)13-14-5-3-4-6-15-14;9-7-5-3-1-2-4-6-8(7)10;2-1(3,4)8(5,6)7;/h3-6H,7-13H2,1-2H3;7-9H,1-6H2;(H,5,6,7);/q;-1;;+3/p-1/i;9+2,10+2;;. The van der Waals surface area contributed by atoms with Crippen LogP contribution >= 0.6 is 0 Å². The van der Waals surface area contributed by atoms with Gasteiger partial charge in [0.05, 0.1) is 5.69 Å². The molecule has 0 aromatic carbocycles. The topological polar surface area (TPSA) is 123 Å². The second-order valence-electron chi connectivity index (χ2n) is 9.20. The van der Waals surface area contributed by atoms with E-state index < -0.39 is 27.8 Å². The zero-order chi connectivity index (χ0) is 27.2. The summed E-state index contributed by atoms with van der Waals surface area (Å²) in [6.07, 6.45) is 6.38. The minimum atomic E-state index is -6.09. The monoisotopic (exact) mass is 600 g/mol. The molecular formula is C23H39F3FeN4O5S+. The normalized spacial score (nSPS) is 23.2. The summed E-state index contributed by atoms with van der Waals surface area (Å²) in [7, 11) is -1.68. The van der Waals surface area contributed by atoms with Gasteiger partial charge >= 0.3 is 22.6 Å². The maximum absolute atomic E-state index is 11.0. The van der Waals surface area contributed by atoms with E-state index in [1.165, 1.54) is 18.5 Å². The van der Waals surface area contributed by atoms with E-state index in [9.17, 15) is 23.4 Å². The number of likely N-dealkylation sites (N-methyl/N-ethyl adjacent to an activating group) is 2. The van der Waals surface area contributed by atoms with Crippen molar-refractivity contribution in [2.45, 2.75) is 62.8 Å². The van der Waals surface area contributed by atoms with Crippen LogP contribution in [0.15, 0.2) is 24.4 Å². The van der Waals surface area contributed by atoms with Gasteiger partial charge < -0.3 is 24.6 Å². The zero-order valence-corrected chi connectivity index (χ0v) is 23.3. The number of pyridine rings is 1. The third kappa shape index (κ3) is 16.7. The summed E-state index contributed by atoms with van der Waals surface area (Å²) < 4.78 is 58.9. The van der Waals surface area contributed by atoms with Crippen molar-refractivity contribution >= 4 is 10.1 Å². The molecule has 1 aromatic heterocycles. The number of aliphatic hydroxyl groups excluding tert-OH is 1. The second-order valence-corrected chi connectivity index (χ2v) is 10.6. The Morgan fingerprint density at radius 1 is 1.00 bits per heavy atom. The molecule has 2 heterocycles. The average Bonchev–Trinajstić information content (AvgIpc) is 2.87. The average molecular weight is 600 g/mol. The summed E-state index contributed by atoms with van der Waals surface area (Å²) in [6.45, 7) is 7.81. The SMILES string of the molecule is CN1CCN(C)CCN(Cc2ccccn2)CC1.O=S(=O)([O-])C(F)(F)F.[18O-]C1CCCCCCC1[18OH].[Fe+3]. The zero-order valence-electron chi connectivity index (χ0n) is 21.4. The summed E-state index contributed by atoms with van der Waals surface area (Å²) in [6, 6.07) is 6.15. The van der Waals surface area contributed by atoms with E-state index in [0.29, 0.717) is 12.8 Å². The fraction of sp³-hybridized carbons (Fsp3) is 0.783. The molecule has 2 fully saturated rings.